The minimum atomic E-state index is -1.22. The van der Waals surface area contributed by atoms with Crippen molar-refractivity contribution in [1.82, 2.24) is 15.5 Å². The number of amides is 3. The van der Waals surface area contributed by atoms with E-state index in [1.54, 1.807) is 13.8 Å². The third kappa shape index (κ3) is 7.96. The highest BCUT2D eigenvalue weighted by Crippen LogP contribution is 2.19. The average molecular weight is 458 g/mol. The predicted molar refractivity (Wildman–Crippen MR) is 116 cm³/mol. The first-order chi connectivity index (χ1) is 15.0. The fraction of sp³-hybridized carbons (Fsp3) is 0.737. The van der Waals surface area contributed by atoms with E-state index < -0.39 is 54.5 Å². The molecule has 1 aliphatic rings. The van der Waals surface area contributed by atoms with Gasteiger partial charge in [-0.05, 0) is 31.6 Å². The van der Waals surface area contributed by atoms with E-state index in [1.165, 1.54) is 4.90 Å². The molecule has 1 fully saturated rings. The number of aliphatic hydroxyl groups excluding tert-OH is 1. The number of likely N-dealkylation sites (tertiary alicyclic amines) is 1. The SMILES string of the molecule is CC(C)C(NC(=O)C1CCCN1C(=O)C(N)CO)C(=O)NC(CCCN=C(N)N)C(=O)O. The van der Waals surface area contributed by atoms with Gasteiger partial charge in [0.2, 0.25) is 17.7 Å². The Morgan fingerprint density at radius 2 is 1.84 bits per heavy atom. The molecule has 182 valence electrons. The maximum atomic E-state index is 12.8. The van der Waals surface area contributed by atoms with Crippen LogP contribution in [0.3, 0.4) is 0 Å². The van der Waals surface area contributed by atoms with E-state index in [0.717, 1.165) is 0 Å². The molecule has 0 bridgehead atoms. The van der Waals surface area contributed by atoms with Crippen LogP contribution in [0.1, 0.15) is 39.5 Å². The third-order valence-corrected chi connectivity index (χ3v) is 5.16. The van der Waals surface area contributed by atoms with Crippen molar-refractivity contribution in [2.45, 2.75) is 63.7 Å². The van der Waals surface area contributed by atoms with Crippen LogP contribution in [-0.4, -0.2) is 88.6 Å². The van der Waals surface area contributed by atoms with Crippen molar-refractivity contribution in [2.24, 2.45) is 28.1 Å². The number of hydrogen-bond donors (Lipinski definition) is 7. The number of aliphatic hydroxyl groups is 1. The van der Waals surface area contributed by atoms with E-state index >= 15 is 0 Å². The largest absolute Gasteiger partial charge is 0.480 e. The lowest BCUT2D eigenvalue weighted by Crippen LogP contribution is -2.58. The number of carboxylic acid groups (broad SMARTS) is 1. The first-order valence-electron chi connectivity index (χ1n) is 10.5. The molecule has 0 spiro atoms. The van der Waals surface area contributed by atoms with Gasteiger partial charge in [0.05, 0.1) is 6.61 Å². The van der Waals surface area contributed by atoms with Gasteiger partial charge in [-0.2, -0.15) is 0 Å². The monoisotopic (exact) mass is 457 g/mol. The zero-order valence-electron chi connectivity index (χ0n) is 18.5. The summed E-state index contributed by atoms with van der Waals surface area (Å²) in [4.78, 5) is 54.5. The number of carbonyl (C=O) groups excluding carboxylic acids is 3. The van der Waals surface area contributed by atoms with Gasteiger partial charge in [-0.3, -0.25) is 19.4 Å². The first kappa shape index (κ1) is 27.1. The molecule has 1 aliphatic heterocycles. The smallest absolute Gasteiger partial charge is 0.326 e. The Morgan fingerprint density at radius 1 is 1.19 bits per heavy atom. The molecule has 1 heterocycles. The van der Waals surface area contributed by atoms with Gasteiger partial charge < -0.3 is 42.9 Å². The van der Waals surface area contributed by atoms with E-state index in [0.29, 0.717) is 25.8 Å². The normalized spacial score (nSPS) is 18.5. The van der Waals surface area contributed by atoms with Crippen molar-refractivity contribution in [3.8, 4) is 0 Å². The van der Waals surface area contributed by atoms with Crippen LogP contribution >= 0.6 is 0 Å². The maximum Gasteiger partial charge on any atom is 0.326 e. The second kappa shape index (κ2) is 12.8. The molecule has 10 N–H and O–H groups in total. The van der Waals surface area contributed by atoms with E-state index in [9.17, 15) is 24.3 Å². The highest BCUT2D eigenvalue weighted by Gasteiger charge is 2.38. The van der Waals surface area contributed by atoms with E-state index in [2.05, 4.69) is 15.6 Å². The van der Waals surface area contributed by atoms with Crippen LogP contribution in [-0.2, 0) is 19.2 Å². The summed E-state index contributed by atoms with van der Waals surface area (Å²) >= 11 is 0. The zero-order chi connectivity index (χ0) is 24.4. The number of aliphatic carboxylic acids is 1. The molecule has 0 saturated carbocycles. The number of nitrogens with one attached hydrogen (secondary N) is 2. The average Bonchev–Trinajstić information content (AvgIpc) is 3.21. The van der Waals surface area contributed by atoms with Crippen LogP contribution in [0.5, 0.6) is 0 Å². The molecular formula is C19H35N7O6. The predicted octanol–water partition coefficient (Wildman–Crippen LogP) is -2.94. The second-order valence-corrected chi connectivity index (χ2v) is 8.06. The summed E-state index contributed by atoms with van der Waals surface area (Å²) in [6, 6.07) is -4.13. The van der Waals surface area contributed by atoms with Crippen LogP contribution in [0, 0.1) is 5.92 Å². The van der Waals surface area contributed by atoms with Crippen molar-refractivity contribution >= 4 is 29.7 Å². The van der Waals surface area contributed by atoms with Gasteiger partial charge in [0, 0.05) is 13.1 Å². The molecule has 4 atom stereocenters. The molecule has 0 radical (unpaired) electrons. The van der Waals surface area contributed by atoms with E-state index in [-0.39, 0.29) is 24.8 Å². The van der Waals surface area contributed by atoms with Crippen LogP contribution in [0.2, 0.25) is 0 Å². The molecule has 13 nitrogen and oxygen atoms in total. The molecule has 0 aromatic rings. The van der Waals surface area contributed by atoms with Crippen molar-refractivity contribution in [1.29, 1.82) is 0 Å². The van der Waals surface area contributed by atoms with Gasteiger partial charge in [0.25, 0.3) is 0 Å². The number of guanidine groups is 1. The summed E-state index contributed by atoms with van der Waals surface area (Å²) in [5.74, 6) is -3.40. The molecular weight excluding hydrogens is 422 g/mol. The molecule has 1 saturated heterocycles. The lowest BCUT2D eigenvalue weighted by atomic mass is 10.0. The Labute approximate surface area is 186 Å². The lowest BCUT2D eigenvalue weighted by Gasteiger charge is -2.29. The summed E-state index contributed by atoms with van der Waals surface area (Å²) in [5, 5.41) is 23.6. The number of carboxylic acids is 1. The summed E-state index contributed by atoms with van der Waals surface area (Å²) in [7, 11) is 0. The molecule has 13 heteroatoms. The van der Waals surface area contributed by atoms with Crippen molar-refractivity contribution in [2.75, 3.05) is 19.7 Å². The van der Waals surface area contributed by atoms with Crippen molar-refractivity contribution < 1.29 is 29.4 Å². The zero-order valence-corrected chi connectivity index (χ0v) is 18.5. The molecule has 4 unspecified atom stereocenters. The Morgan fingerprint density at radius 3 is 2.38 bits per heavy atom. The highest BCUT2D eigenvalue weighted by molar-refractivity contribution is 5.94. The summed E-state index contributed by atoms with van der Waals surface area (Å²) in [5.41, 5.74) is 16.1. The Balaban J connectivity index is 2.81. The molecule has 32 heavy (non-hydrogen) atoms. The van der Waals surface area contributed by atoms with Crippen LogP contribution in [0.25, 0.3) is 0 Å². The quantitative estimate of drug-likeness (QED) is 0.0902. The number of carbonyl (C=O) groups is 4. The van der Waals surface area contributed by atoms with Gasteiger partial charge in [0.1, 0.15) is 24.2 Å². The van der Waals surface area contributed by atoms with Gasteiger partial charge >= 0.3 is 5.97 Å². The molecule has 0 aromatic carbocycles. The maximum absolute atomic E-state index is 12.8. The van der Waals surface area contributed by atoms with Crippen LogP contribution in [0.15, 0.2) is 4.99 Å². The Hall–Kier alpha value is -2.93. The number of nitrogens with zero attached hydrogens (tertiary/aromatic N) is 2. The summed E-state index contributed by atoms with van der Waals surface area (Å²) in [6.07, 6.45) is 1.40. The summed E-state index contributed by atoms with van der Waals surface area (Å²) in [6.45, 7) is 3.41. The fourth-order valence-electron chi connectivity index (χ4n) is 3.40. The molecule has 0 aromatic heterocycles. The lowest BCUT2D eigenvalue weighted by molar-refractivity contribution is -0.143. The Bertz CT molecular complexity index is 710. The minimum absolute atomic E-state index is 0.0978. The Kier molecular flexibility index (Phi) is 10.9. The molecule has 0 aliphatic carbocycles. The number of rotatable bonds is 12. The van der Waals surface area contributed by atoms with Crippen LogP contribution < -0.4 is 27.8 Å². The van der Waals surface area contributed by atoms with Gasteiger partial charge in [0.15, 0.2) is 5.96 Å². The topological polar surface area (TPSA) is 226 Å². The standard InChI is InChI=1S/C19H35N7O6/c1-10(2)14(16(29)24-12(18(31)32)5-3-7-23-19(21)22)25-15(28)13-6-4-8-26(13)17(30)11(20)9-27/h10-14,27H,3-9,20H2,1-2H3,(H,24,29)(H,25,28)(H,31,32)(H4,21,22,23). The van der Waals surface area contributed by atoms with Gasteiger partial charge in [-0.1, -0.05) is 13.8 Å². The molecule has 3 amide bonds. The fourth-order valence-corrected chi connectivity index (χ4v) is 3.40. The highest BCUT2D eigenvalue weighted by atomic mass is 16.4. The minimum Gasteiger partial charge on any atom is -0.480 e. The second-order valence-electron chi connectivity index (χ2n) is 8.06. The number of nitrogens with two attached hydrogens (primary N) is 3. The van der Waals surface area contributed by atoms with Gasteiger partial charge in [-0.25, -0.2) is 4.79 Å². The van der Waals surface area contributed by atoms with Gasteiger partial charge in [-0.15, -0.1) is 0 Å². The van der Waals surface area contributed by atoms with E-state index in [4.69, 9.17) is 22.3 Å². The van der Waals surface area contributed by atoms with E-state index in [1.807, 2.05) is 0 Å². The number of aliphatic imine (C=N–C) groups is 1. The third-order valence-electron chi connectivity index (χ3n) is 5.16. The van der Waals surface area contributed by atoms with Crippen LogP contribution in [0.4, 0.5) is 0 Å². The number of hydrogen-bond acceptors (Lipinski definition) is 7. The van der Waals surface area contributed by atoms with Crippen molar-refractivity contribution in [3.63, 3.8) is 0 Å². The van der Waals surface area contributed by atoms with Crippen molar-refractivity contribution in [3.05, 3.63) is 0 Å². The molecule has 1 rings (SSSR count). The first-order valence-corrected chi connectivity index (χ1v) is 10.5. The summed E-state index contributed by atoms with van der Waals surface area (Å²) < 4.78 is 0.